The molecule has 1 aliphatic heterocycles. The van der Waals surface area contributed by atoms with Crippen molar-refractivity contribution in [1.82, 2.24) is 0 Å². The maximum absolute atomic E-state index is 13.4. The van der Waals surface area contributed by atoms with Crippen LogP contribution >= 0.6 is 7.14 Å². The van der Waals surface area contributed by atoms with Crippen molar-refractivity contribution in [3.8, 4) is 0 Å². The van der Waals surface area contributed by atoms with Gasteiger partial charge in [-0.05, 0) is 37.5 Å². The molecule has 21 heavy (non-hydrogen) atoms. The van der Waals surface area contributed by atoms with Crippen LogP contribution in [-0.4, -0.2) is 5.52 Å². The molecule has 3 rings (SSSR count). The maximum Gasteiger partial charge on any atom is 0.226 e. The minimum atomic E-state index is -2.99. The van der Waals surface area contributed by atoms with Gasteiger partial charge in [0.15, 0.2) is 7.14 Å². The van der Waals surface area contributed by atoms with Crippen LogP contribution in [0.4, 0.5) is 0 Å². The standard InChI is InChI=1S/C18H19O2P/c1-11-9-12(2)17(13(3)10-11)18(19)21(20)14(4)15-7-5-6-8-16(15)21/h5-10,14H,1-4H3. The summed E-state index contributed by atoms with van der Waals surface area (Å²) >= 11 is 0. The molecule has 0 saturated carbocycles. The molecular formula is C18H19O2P. The van der Waals surface area contributed by atoms with Gasteiger partial charge in [-0.25, -0.2) is 0 Å². The highest BCUT2D eigenvalue weighted by molar-refractivity contribution is 7.89. The highest BCUT2D eigenvalue weighted by Gasteiger charge is 2.51. The Hall–Kier alpha value is -1.66. The van der Waals surface area contributed by atoms with Crippen LogP contribution in [0.15, 0.2) is 36.4 Å². The number of benzene rings is 2. The molecule has 108 valence electrons. The summed E-state index contributed by atoms with van der Waals surface area (Å²) in [4.78, 5) is 13.0. The van der Waals surface area contributed by atoms with E-state index in [2.05, 4.69) is 0 Å². The number of rotatable bonds is 2. The number of hydrogen-bond acceptors (Lipinski definition) is 2. The van der Waals surface area contributed by atoms with E-state index in [1.807, 2.05) is 64.1 Å². The van der Waals surface area contributed by atoms with Crippen molar-refractivity contribution in [2.45, 2.75) is 33.4 Å². The van der Waals surface area contributed by atoms with Gasteiger partial charge in [-0.1, -0.05) is 48.9 Å². The van der Waals surface area contributed by atoms with Crippen LogP contribution in [0.1, 0.15) is 45.2 Å². The third-order valence-electron chi connectivity index (χ3n) is 4.48. The molecule has 2 nitrogen and oxygen atoms in total. The third-order valence-corrected chi connectivity index (χ3v) is 7.80. The van der Waals surface area contributed by atoms with Gasteiger partial charge in [0.25, 0.3) is 0 Å². The lowest BCUT2D eigenvalue weighted by atomic mass is 10.0. The van der Waals surface area contributed by atoms with Gasteiger partial charge in [0.05, 0.1) is 0 Å². The highest BCUT2D eigenvalue weighted by atomic mass is 31.2. The summed E-state index contributed by atoms with van der Waals surface area (Å²) in [5.41, 5.74) is 4.32. The summed E-state index contributed by atoms with van der Waals surface area (Å²) in [5.74, 6) is 0. The van der Waals surface area contributed by atoms with E-state index in [0.29, 0.717) is 5.56 Å². The van der Waals surface area contributed by atoms with Crippen molar-refractivity contribution >= 4 is 18.0 Å². The van der Waals surface area contributed by atoms with Gasteiger partial charge < -0.3 is 4.57 Å². The first-order valence-electron chi connectivity index (χ1n) is 7.19. The van der Waals surface area contributed by atoms with Gasteiger partial charge in [-0.3, -0.25) is 4.79 Å². The second-order valence-corrected chi connectivity index (χ2v) is 8.95. The van der Waals surface area contributed by atoms with Crippen LogP contribution in [0.5, 0.6) is 0 Å². The van der Waals surface area contributed by atoms with E-state index in [9.17, 15) is 9.36 Å². The van der Waals surface area contributed by atoms with E-state index >= 15 is 0 Å². The molecule has 2 aromatic carbocycles. The zero-order valence-electron chi connectivity index (χ0n) is 12.8. The summed E-state index contributed by atoms with van der Waals surface area (Å²) in [6.45, 7) is 7.77. The topological polar surface area (TPSA) is 34.1 Å². The predicted molar refractivity (Wildman–Crippen MR) is 87.1 cm³/mol. The molecule has 0 N–H and O–H groups in total. The molecule has 0 radical (unpaired) electrons. The predicted octanol–water partition coefficient (Wildman–Crippen LogP) is 4.52. The van der Waals surface area contributed by atoms with Crippen molar-refractivity contribution < 1.29 is 9.36 Å². The molecule has 1 heterocycles. The van der Waals surface area contributed by atoms with E-state index in [4.69, 9.17) is 0 Å². The van der Waals surface area contributed by atoms with Crippen molar-refractivity contribution in [2.75, 3.05) is 0 Å². The Bertz CT molecular complexity index is 782. The monoisotopic (exact) mass is 298 g/mol. The van der Waals surface area contributed by atoms with Gasteiger partial charge in [0.2, 0.25) is 5.52 Å². The van der Waals surface area contributed by atoms with E-state index in [-0.39, 0.29) is 11.2 Å². The molecule has 0 spiro atoms. The molecule has 0 saturated heterocycles. The summed E-state index contributed by atoms with van der Waals surface area (Å²) in [5, 5.41) is 0.752. The second kappa shape index (κ2) is 4.68. The Morgan fingerprint density at radius 3 is 2.24 bits per heavy atom. The van der Waals surface area contributed by atoms with Gasteiger partial charge in [0.1, 0.15) is 0 Å². The summed E-state index contributed by atoms with van der Waals surface area (Å²) in [6, 6.07) is 11.6. The van der Waals surface area contributed by atoms with Gasteiger partial charge in [-0.15, -0.1) is 0 Å². The molecule has 3 heteroatoms. The first kappa shape index (κ1) is 14.3. The quantitative estimate of drug-likeness (QED) is 0.764. The zero-order chi connectivity index (χ0) is 15.4. The lowest BCUT2D eigenvalue weighted by Gasteiger charge is -2.36. The van der Waals surface area contributed by atoms with Crippen LogP contribution in [0.2, 0.25) is 0 Å². The first-order valence-corrected chi connectivity index (χ1v) is 8.97. The SMILES string of the molecule is Cc1cc(C)c(C(=O)P2(=O)c3ccccc3C2C)c(C)c1. The Labute approximate surface area is 125 Å². The molecule has 0 bridgehead atoms. The smallest absolute Gasteiger partial charge is 0.226 e. The van der Waals surface area contributed by atoms with Crippen LogP contribution < -0.4 is 5.30 Å². The molecular weight excluding hydrogens is 279 g/mol. The number of fused-ring (bicyclic) bond motifs is 1. The summed E-state index contributed by atoms with van der Waals surface area (Å²) in [6.07, 6.45) is 0. The van der Waals surface area contributed by atoms with Gasteiger partial charge in [0, 0.05) is 16.5 Å². The van der Waals surface area contributed by atoms with E-state index in [0.717, 1.165) is 27.6 Å². The lowest BCUT2D eigenvalue weighted by Crippen LogP contribution is -2.31. The fraction of sp³-hybridized carbons (Fsp3) is 0.278. The second-order valence-electron chi connectivity index (χ2n) is 5.97. The van der Waals surface area contributed by atoms with Crippen LogP contribution in [0, 0.1) is 20.8 Å². The maximum atomic E-state index is 13.4. The molecule has 2 aromatic rings. The number of carbonyl (C=O) groups excluding carboxylic acids is 1. The first-order chi connectivity index (χ1) is 9.87. The fourth-order valence-corrected chi connectivity index (χ4v) is 6.50. The van der Waals surface area contributed by atoms with Crippen molar-refractivity contribution in [1.29, 1.82) is 0 Å². The number of carbonyl (C=O) groups is 1. The van der Waals surface area contributed by atoms with Gasteiger partial charge in [-0.2, -0.15) is 0 Å². The van der Waals surface area contributed by atoms with E-state index < -0.39 is 7.14 Å². The average Bonchev–Trinajstić information content (AvgIpc) is 2.44. The van der Waals surface area contributed by atoms with Gasteiger partial charge >= 0.3 is 0 Å². The summed E-state index contributed by atoms with van der Waals surface area (Å²) < 4.78 is 13.4. The van der Waals surface area contributed by atoms with Crippen LogP contribution in [-0.2, 0) is 4.57 Å². The average molecular weight is 298 g/mol. The Morgan fingerprint density at radius 2 is 1.62 bits per heavy atom. The number of aryl methyl sites for hydroxylation is 3. The molecule has 0 aliphatic carbocycles. The molecule has 0 aromatic heterocycles. The van der Waals surface area contributed by atoms with Crippen LogP contribution in [0.3, 0.4) is 0 Å². The Morgan fingerprint density at radius 1 is 1.05 bits per heavy atom. The molecule has 2 unspecified atom stereocenters. The minimum absolute atomic E-state index is 0.165. The van der Waals surface area contributed by atoms with Crippen molar-refractivity contribution in [3.05, 3.63) is 64.2 Å². The number of hydrogen-bond donors (Lipinski definition) is 0. The normalized spacial score (nSPS) is 23.3. The molecule has 2 atom stereocenters. The molecule has 1 aliphatic rings. The van der Waals surface area contributed by atoms with E-state index in [1.165, 1.54) is 0 Å². The largest absolute Gasteiger partial charge is 0.310 e. The van der Waals surface area contributed by atoms with Crippen molar-refractivity contribution in [2.24, 2.45) is 0 Å². The Balaban J connectivity index is 2.16. The molecule has 0 amide bonds. The van der Waals surface area contributed by atoms with Crippen LogP contribution in [0.25, 0.3) is 0 Å². The zero-order valence-corrected chi connectivity index (χ0v) is 13.7. The molecule has 0 fully saturated rings. The fourth-order valence-electron chi connectivity index (χ4n) is 3.45. The minimum Gasteiger partial charge on any atom is -0.310 e. The van der Waals surface area contributed by atoms with Crippen molar-refractivity contribution in [3.63, 3.8) is 0 Å². The highest BCUT2D eigenvalue weighted by Crippen LogP contribution is 2.68. The summed E-state index contributed by atoms with van der Waals surface area (Å²) in [7, 11) is -2.99. The Kier molecular flexibility index (Phi) is 3.18. The third kappa shape index (κ3) is 1.86. The van der Waals surface area contributed by atoms with E-state index in [1.54, 1.807) is 0 Å². The lowest BCUT2D eigenvalue weighted by molar-refractivity contribution is 0.107.